The van der Waals surface area contributed by atoms with Gasteiger partial charge >= 0.3 is 0 Å². The number of aliphatic hydroxyl groups is 1. The second kappa shape index (κ2) is 11.7. The number of benzene rings is 2. The summed E-state index contributed by atoms with van der Waals surface area (Å²) in [5, 5.41) is 12.8. The first-order valence-corrected chi connectivity index (χ1v) is 12.3. The van der Waals surface area contributed by atoms with Crippen molar-refractivity contribution in [3.8, 4) is 0 Å². The first-order chi connectivity index (χ1) is 15.4. The highest BCUT2D eigenvalue weighted by molar-refractivity contribution is 7.89. The first-order valence-electron chi connectivity index (χ1n) is 10.9. The lowest BCUT2D eigenvalue weighted by molar-refractivity contribution is 0.132. The number of anilines is 1. The zero-order valence-corrected chi connectivity index (χ0v) is 19.2. The van der Waals surface area contributed by atoms with Crippen LogP contribution in [0.2, 0.25) is 0 Å². The molecule has 0 spiro atoms. The Morgan fingerprint density at radius 3 is 2.53 bits per heavy atom. The normalized spacial score (nSPS) is 16.7. The van der Waals surface area contributed by atoms with Gasteiger partial charge in [-0.1, -0.05) is 30.3 Å². The number of ether oxygens (including phenoxy) is 1. The zero-order valence-electron chi connectivity index (χ0n) is 18.3. The van der Waals surface area contributed by atoms with Gasteiger partial charge in [-0.2, -0.15) is 0 Å². The highest BCUT2D eigenvalue weighted by atomic mass is 32.2. The molecule has 0 bridgehead atoms. The fraction of sp³-hybridized carbons (Fsp3) is 0.478. The van der Waals surface area contributed by atoms with Crippen molar-refractivity contribution in [3.63, 3.8) is 0 Å². The van der Waals surface area contributed by atoms with Crippen LogP contribution in [0.3, 0.4) is 0 Å². The van der Waals surface area contributed by atoms with Crippen molar-refractivity contribution in [1.82, 2.24) is 9.62 Å². The van der Waals surface area contributed by atoms with Gasteiger partial charge < -0.3 is 20.1 Å². The van der Waals surface area contributed by atoms with Gasteiger partial charge in [0.1, 0.15) is 5.82 Å². The van der Waals surface area contributed by atoms with Crippen LogP contribution in [0.1, 0.15) is 18.4 Å². The summed E-state index contributed by atoms with van der Waals surface area (Å²) < 4.78 is 47.8. The van der Waals surface area contributed by atoms with Crippen molar-refractivity contribution in [2.24, 2.45) is 0 Å². The predicted molar refractivity (Wildman–Crippen MR) is 123 cm³/mol. The van der Waals surface area contributed by atoms with Crippen LogP contribution in [0.15, 0.2) is 53.4 Å². The molecule has 32 heavy (non-hydrogen) atoms. The van der Waals surface area contributed by atoms with Crippen molar-refractivity contribution < 1.29 is 22.7 Å². The third-order valence-corrected chi connectivity index (χ3v) is 7.19. The van der Waals surface area contributed by atoms with Crippen molar-refractivity contribution in [3.05, 3.63) is 59.9 Å². The molecular formula is C23H32FN3O4S. The summed E-state index contributed by atoms with van der Waals surface area (Å²) >= 11 is 0. The van der Waals surface area contributed by atoms with Crippen LogP contribution >= 0.6 is 0 Å². The van der Waals surface area contributed by atoms with Gasteiger partial charge in [-0.3, -0.25) is 0 Å². The SMILES string of the molecule is COCCN1CCC(Nc2ccc(S(=O)(=O)NC(CO)Cc3ccccc3)cc2F)CC1. The quantitative estimate of drug-likeness (QED) is 0.472. The van der Waals surface area contributed by atoms with Crippen LogP contribution in [0, 0.1) is 5.82 Å². The molecule has 7 nitrogen and oxygen atoms in total. The van der Waals surface area contributed by atoms with Crippen molar-refractivity contribution in [1.29, 1.82) is 0 Å². The molecule has 1 saturated heterocycles. The number of hydrogen-bond acceptors (Lipinski definition) is 6. The Bertz CT molecular complexity index is 951. The summed E-state index contributed by atoms with van der Waals surface area (Å²) in [7, 11) is -2.29. The molecule has 2 aromatic carbocycles. The second-order valence-corrected chi connectivity index (χ2v) is 9.80. The maximum absolute atomic E-state index is 14.7. The van der Waals surface area contributed by atoms with Crippen molar-refractivity contribution >= 4 is 15.7 Å². The van der Waals surface area contributed by atoms with E-state index >= 15 is 0 Å². The highest BCUT2D eigenvalue weighted by Crippen LogP contribution is 2.23. The van der Waals surface area contributed by atoms with E-state index in [1.807, 2.05) is 30.3 Å². The number of sulfonamides is 1. The van der Waals surface area contributed by atoms with E-state index in [1.165, 1.54) is 12.1 Å². The Morgan fingerprint density at radius 2 is 1.91 bits per heavy atom. The largest absolute Gasteiger partial charge is 0.395 e. The third kappa shape index (κ3) is 6.98. The van der Waals surface area contributed by atoms with E-state index in [0.29, 0.717) is 18.7 Å². The topological polar surface area (TPSA) is 90.9 Å². The van der Waals surface area contributed by atoms with Crippen LogP contribution in [0.5, 0.6) is 0 Å². The van der Waals surface area contributed by atoms with E-state index in [1.54, 1.807) is 7.11 Å². The molecule has 1 aliphatic rings. The minimum absolute atomic E-state index is 0.133. The second-order valence-electron chi connectivity index (χ2n) is 8.09. The van der Waals surface area contributed by atoms with E-state index in [4.69, 9.17) is 4.74 Å². The van der Waals surface area contributed by atoms with E-state index in [9.17, 15) is 17.9 Å². The number of halogens is 1. The van der Waals surface area contributed by atoms with Gasteiger partial charge in [-0.15, -0.1) is 0 Å². The maximum atomic E-state index is 14.7. The molecule has 2 aromatic rings. The fourth-order valence-electron chi connectivity index (χ4n) is 3.85. The first kappa shape index (κ1) is 24.6. The molecule has 0 radical (unpaired) electrons. The van der Waals surface area contributed by atoms with E-state index in [2.05, 4.69) is 14.9 Å². The molecule has 0 amide bonds. The number of likely N-dealkylation sites (tertiary alicyclic amines) is 1. The van der Waals surface area contributed by atoms with Crippen molar-refractivity contribution in [2.75, 3.05) is 45.3 Å². The van der Waals surface area contributed by atoms with E-state index < -0.39 is 21.9 Å². The molecule has 3 rings (SSSR count). The predicted octanol–water partition coefficient (Wildman–Crippen LogP) is 2.23. The summed E-state index contributed by atoms with van der Waals surface area (Å²) in [6, 6.07) is 12.6. The molecule has 1 heterocycles. The van der Waals surface area contributed by atoms with Gasteiger partial charge in [0.15, 0.2) is 0 Å². The lowest BCUT2D eigenvalue weighted by Crippen LogP contribution is -2.40. The number of piperidine rings is 1. The average molecular weight is 466 g/mol. The summed E-state index contributed by atoms with van der Waals surface area (Å²) in [4.78, 5) is 2.15. The monoisotopic (exact) mass is 465 g/mol. The molecule has 3 N–H and O–H groups in total. The number of hydrogen-bond donors (Lipinski definition) is 3. The van der Waals surface area contributed by atoms with E-state index in [0.717, 1.165) is 44.1 Å². The fourth-order valence-corrected chi connectivity index (χ4v) is 5.09. The van der Waals surface area contributed by atoms with Crippen molar-refractivity contribution in [2.45, 2.75) is 36.2 Å². The van der Waals surface area contributed by atoms with Crippen LogP contribution in [0.25, 0.3) is 0 Å². The minimum atomic E-state index is -3.98. The molecule has 0 aliphatic carbocycles. The summed E-state index contributed by atoms with van der Waals surface area (Å²) in [6.45, 7) is 3.03. The number of nitrogens with zero attached hydrogens (tertiary/aromatic N) is 1. The zero-order chi connectivity index (χ0) is 23.0. The van der Waals surface area contributed by atoms with E-state index in [-0.39, 0.29) is 17.5 Å². The van der Waals surface area contributed by atoms with Gasteiger partial charge in [0.25, 0.3) is 0 Å². The molecule has 0 saturated carbocycles. The standard InChI is InChI=1S/C23H32FN3O4S/c1-31-14-13-27-11-9-19(10-12-27)25-23-8-7-21(16-22(23)24)32(29,30)26-20(17-28)15-18-5-3-2-4-6-18/h2-8,16,19-20,25-26,28H,9-15,17H2,1H3. The Morgan fingerprint density at radius 1 is 1.19 bits per heavy atom. The highest BCUT2D eigenvalue weighted by Gasteiger charge is 2.23. The molecule has 176 valence electrons. The molecule has 1 fully saturated rings. The lowest BCUT2D eigenvalue weighted by atomic mass is 10.0. The molecular weight excluding hydrogens is 433 g/mol. The summed E-state index contributed by atoms with van der Waals surface area (Å²) in [5.41, 5.74) is 1.19. The Labute approximate surface area is 189 Å². The smallest absolute Gasteiger partial charge is 0.241 e. The van der Waals surface area contributed by atoms with Gasteiger partial charge in [0, 0.05) is 38.8 Å². The van der Waals surface area contributed by atoms with Crippen LogP contribution in [-0.2, 0) is 21.2 Å². The van der Waals surface area contributed by atoms with Crippen LogP contribution < -0.4 is 10.0 Å². The average Bonchev–Trinajstić information content (AvgIpc) is 2.80. The summed E-state index contributed by atoms with van der Waals surface area (Å²) in [6.07, 6.45) is 2.09. The Kier molecular flexibility index (Phi) is 9.01. The van der Waals surface area contributed by atoms with Crippen LogP contribution in [-0.4, -0.2) is 70.5 Å². The van der Waals surface area contributed by atoms with Crippen LogP contribution in [0.4, 0.5) is 10.1 Å². The summed E-state index contributed by atoms with van der Waals surface area (Å²) in [5.74, 6) is -0.613. The third-order valence-electron chi connectivity index (χ3n) is 5.68. The molecule has 1 aliphatic heterocycles. The van der Waals surface area contributed by atoms with Gasteiger partial charge in [0.05, 0.1) is 23.8 Å². The Hall–Kier alpha value is -2.04. The lowest BCUT2D eigenvalue weighted by Gasteiger charge is -2.32. The van der Waals surface area contributed by atoms with Gasteiger partial charge in [0.2, 0.25) is 10.0 Å². The Balaban J connectivity index is 1.59. The maximum Gasteiger partial charge on any atom is 0.241 e. The molecule has 1 atom stereocenters. The number of nitrogens with one attached hydrogen (secondary N) is 2. The number of rotatable bonds is 11. The number of methoxy groups -OCH3 is 1. The minimum Gasteiger partial charge on any atom is -0.395 e. The number of aliphatic hydroxyl groups excluding tert-OH is 1. The van der Waals surface area contributed by atoms with Gasteiger partial charge in [-0.05, 0) is 43.0 Å². The molecule has 1 unspecified atom stereocenters. The van der Waals surface area contributed by atoms with Gasteiger partial charge in [-0.25, -0.2) is 17.5 Å². The molecule has 0 aromatic heterocycles. The molecule has 9 heteroatoms.